The van der Waals surface area contributed by atoms with Crippen molar-refractivity contribution in [1.82, 2.24) is 20.5 Å². The molecule has 1 aromatic heterocycles. The highest BCUT2D eigenvalue weighted by atomic mass is 16.5. The lowest BCUT2D eigenvalue weighted by Crippen LogP contribution is -2.30. The van der Waals surface area contributed by atoms with Crippen LogP contribution in [0, 0.1) is 5.92 Å². The van der Waals surface area contributed by atoms with Crippen LogP contribution < -0.4 is 5.32 Å². The van der Waals surface area contributed by atoms with Crippen molar-refractivity contribution in [3.63, 3.8) is 0 Å². The topological polar surface area (TPSA) is 62.8 Å². The summed E-state index contributed by atoms with van der Waals surface area (Å²) < 4.78 is 5.42. The van der Waals surface area contributed by atoms with Gasteiger partial charge >= 0.3 is 0 Å². The fourth-order valence-corrected chi connectivity index (χ4v) is 1.83. The van der Waals surface area contributed by atoms with Gasteiger partial charge in [0.2, 0.25) is 0 Å². The number of H-pyrrole nitrogens is 1. The first-order valence-electron chi connectivity index (χ1n) is 5.58. The fourth-order valence-electron chi connectivity index (χ4n) is 1.83. The van der Waals surface area contributed by atoms with Gasteiger partial charge < -0.3 is 10.1 Å². The molecule has 1 unspecified atom stereocenters. The molecule has 2 N–H and O–H groups in total. The molecule has 0 bridgehead atoms. The van der Waals surface area contributed by atoms with Crippen molar-refractivity contribution in [2.75, 3.05) is 26.3 Å². The van der Waals surface area contributed by atoms with Crippen LogP contribution in [0.25, 0.3) is 0 Å². The van der Waals surface area contributed by atoms with Gasteiger partial charge in [-0.25, -0.2) is 4.98 Å². The Bertz CT molecular complexity index is 256. The summed E-state index contributed by atoms with van der Waals surface area (Å²) in [5.41, 5.74) is 0. The largest absolute Gasteiger partial charge is 0.381 e. The molecule has 1 fully saturated rings. The standard InChI is InChI=1S/C10H18N4O/c1-2-9(7-15-5-1)6-11-4-3-10-12-8-13-14-10/h8-9,11H,1-7H2,(H,12,13,14). The minimum atomic E-state index is 0.688. The van der Waals surface area contributed by atoms with Crippen LogP contribution in [0.2, 0.25) is 0 Å². The molecule has 0 aliphatic carbocycles. The first-order valence-corrected chi connectivity index (χ1v) is 5.58. The fraction of sp³-hybridized carbons (Fsp3) is 0.800. The molecule has 2 rings (SSSR count). The molecule has 84 valence electrons. The van der Waals surface area contributed by atoms with Gasteiger partial charge in [-0.15, -0.1) is 0 Å². The van der Waals surface area contributed by atoms with Gasteiger partial charge in [0, 0.05) is 26.1 Å². The number of nitrogens with zero attached hydrogens (tertiary/aromatic N) is 2. The number of aromatic nitrogens is 3. The lowest BCUT2D eigenvalue weighted by molar-refractivity contribution is 0.0549. The summed E-state index contributed by atoms with van der Waals surface area (Å²) in [6, 6.07) is 0. The smallest absolute Gasteiger partial charge is 0.137 e. The average Bonchev–Trinajstić information content (AvgIpc) is 2.79. The summed E-state index contributed by atoms with van der Waals surface area (Å²) in [6.45, 7) is 3.85. The maximum absolute atomic E-state index is 5.42. The Hall–Kier alpha value is -0.940. The minimum Gasteiger partial charge on any atom is -0.381 e. The molecule has 0 spiro atoms. The summed E-state index contributed by atoms with van der Waals surface area (Å²) in [5, 5.41) is 10.1. The third-order valence-electron chi connectivity index (χ3n) is 2.69. The Morgan fingerprint density at radius 2 is 2.60 bits per heavy atom. The van der Waals surface area contributed by atoms with Crippen LogP contribution in [0.5, 0.6) is 0 Å². The number of nitrogens with one attached hydrogen (secondary N) is 2. The Morgan fingerprint density at radius 3 is 3.33 bits per heavy atom. The number of hydrogen-bond acceptors (Lipinski definition) is 4. The molecule has 5 heteroatoms. The predicted octanol–water partition coefficient (Wildman–Crippen LogP) is 0.363. The monoisotopic (exact) mass is 210 g/mol. The molecule has 15 heavy (non-hydrogen) atoms. The van der Waals surface area contributed by atoms with Gasteiger partial charge in [-0.3, -0.25) is 5.10 Å². The van der Waals surface area contributed by atoms with Crippen molar-refractivity contribution in [3.05, 3.63) is 12.2 Å². The van der Waals surface area contributed by atoms with Crippen molar-refractivity contribution in [2.45, 2.75) is 19.3 Å². The Morgan fingerprint density at radius 1 is 1.60 bits per heavy atom. The van der Waals surface area contributed by atoms with E-state index in [1.807, 2.05) is 0 Å². The van der Waals surface area contributed by atoms with Crippen LogP contribution in [0.15, 0.2) is 6.33 Å². The molecule has 1 aromatic rings. The zero-order chi connectivity index (χ0) is 10.3. The Labute approximate surface area is 89.6 Å². The number of ether oxygens (including phenoxy) is 1. The lowest BCUT2D eigenvalue weighted by atomic mass is 10.0. The molecule has 0 aromatic carbocycles. The number of rotatable bonds is 5. The first-order chi connectivity index (χ1) is 7.45. The second-order valence-corrected chi connectivity index (χ2v) is 3.97. The first kappa shape index (κ1) is 10.6. The molecule has 0 radical (unpaired) electrons. The van der Waals surface area contributed by atoms with Crippen molar-refractivity contribution >= 4 is 0 Å². The SMILES string of the molecule is c1n[nH]c(CCNCC2CCCOC2)n1. The highest BCUT2D eigenvalue weighted by Gasteiger charge is 2.12. The summed E-state index contributed by atoms with van der Waals surface area (Å²) in [6.07, 6.45) is 4.95. The molecule has 1 saturated heterocycles. The zero-order valence-electron chi connectivity index (χ0n) is 8.91. The van der Waals surface area contributed by atoms with Gasteiger partial charge in [0.15, 0.2) is 0 Å². The van der Waals surface area contributed by atoms with Crippen molar-refractivity contribution < 1.29 is 4.74 Å². The molecule has 5 nitrogen and oxygen atoms in total. The summed E-state index contributed by atoms with van der Waals surface area (Å²) in [7, 11) is 0. The molecular weight excluding hydrogens is 192 g/mol. The van der Waals surface area contributed by atoms with E-state index >= 15 is 0 Å². The number of hydrogen-bond donors (Lipinski definition) is 2. The second kappa shape index (κ2) is 5.82. The van der Waals surface area contributed by atoms with Crippen molar-refractivity contribution in [2.24, 2.45) is 5.92 Å². The average molecular weight is 210 g/mol. The number of aromatic amines is 1. The van der Waals surface area contributed by atoms with E-state index in [4.69, 9.17) is 4.74 Å². The Kier molecular flexibility index (Phi) is 4.11. The summed E-state index contributed by atoms with van der Waals surface area (Å²) in [4.78, 5) is 4.07. The highest BCUT2D eigenvalue weighted by Crippen LogP contribution is 2.11. The van der Waals surface area contributed by atoms with Gasteiger partial charge in [-0.05, 0) is 18.8 Å². The zero-order valence-corrected chi connectivity index (χ0v) is 8.91. The summed E-state index contributed by atoms with van der Waals surface area (Å²) in [5.74, 6) is 1.64. The van der Waals surface area contributed by atoms with E-state index in [1.54, 1.807) is 6.33 Å². The van der Waals surface area contributed by atoms with Crippen LogP contribution in [-0.4, -0.2) is 41.5 Å². The van der Waals surface area contributed by atoms with Gasteiger partial charge in [-0.1, -0.05) is 0 Å². The van der Waals surface area contributed by atoms with Gasteiger partial charge in [0.1, 0.15) is 12.2 Å². The van der Waals surface area contributed by atoms with E-state index in [1.165, 1.54) is 12.8 Å². The van der Waals surface area contributed by atoms with Crippen LogP contribution in [0.4, 0.5) is 0 Å². The van der Waals surface area contributed by atoms with Gasteiger partial charge in [-0.2, -0.15) is 5.10 Å². The Balaban J connectivity index is 1.54. The quantitative estimate of drug-likeness (QED) is 0.689. The van der Waals surface area contributed by atoms with E-state index in [0.29, 0.717) is 5.92 Å². The van der Waals surface area contributed by atoms with E-state index < -0.39 is 0 Å². The maximum Gasteiger partial charge on any atom is 0.137 e. The van der Waals surface area contributed by atoms with Crippen LogP contribution in [0.3, 0.4) is 0 Å². The summed E-state index contributed by atoms with van der Waals surface area (Å²) >= 11 is 0. The van der Waals surface area contributed by atoms with E-state index in [9.17, 15) is 0 Å². The third kappa shape index (κ3) is 3.60. The van der Waals surface area contributed by atoms with Crippen molar-refractivity contribution in [3.8, 4) is 0 Å². The maximum atomic E-state index is 5.42. The van der Waals surface area contributed by atoms with E-state index in [0.717, 1.165) is 38.5 Å². The molecule has 0 saturated carbocycles. The predicted molar refractivity (Wildman–Crippen MR) is 56.5 cm³/mol. The van der Waals surface area contributed by atoms with Crippen LogP contribution in [-0.2, 0) is 11.2 Å². The van der Waals surface area contributed by atoms with Crippen molar-refractivity contribution in [1.29, 1.82) is 0 Å². The van der Waals surface area contributed by atoms with Gasteiger partial charge in [0.05, 0.1) is 6.61 Å². The van der Waals surface area contributed by atoms with Gasteiger partial charge in [0.25, 0.3) is 0 Å². The minimum absolute atomic E-state index is 0.688. The lowest BCUT2D eigenvalue weighted by Gasteiger charge is -2.22. The molecule has 0 amide bonds. The molecule has 2 heterocycles. The highest BCUT2D eigenvalue weighted by molar-refractivity contribution is 4.80. The third-order valence-corrected chi connectivity index (χ3v) is 2.69. The van der Waals surface area contributed by atoms with E-state index in [2.05, 4.69) is 20.5 Å². The van der Waals surface area contributed by atoms with E-state index in [-0.39, 0.29) is 0 Å². The van der Waals surface area contributed by atoms with Crippen LogP contribution in [0.1, 0.15) is 18.7 Å². The second-order valence-electron chi connectivity index (χ2n) is 3.97. The normalized spacial score (nSPS) is 21.7. The molecule has 1 aliphatic heterocycles. The molecule has 1 atom stereocenters. The molecule has 1 aliphatic rings. The molecular formula is C10H18N4O. The van der Waals surface area contributed by atoms with Crippen LogP contribution >= 0.6 is 0 Å².